The number of nitrogens with one attached hydrogen (secondary N) is 1. The highest BCUT2D eigenvalue weighted by Crippen LogP contribution is 2.22. The van der Waals surface area contributed by atoms with Gasteiger partial charge in [0.05, 0.1) is 10.9 Å². The van der Waals surface area contributed by atoms with Crippen LogP contribution in [-0.4, -0.2) is 9.97 Å². The van der Waals surface area contributed by atoms with Gasteiger partial charge in [-0.15, -0.1) is 0 Å². The molecule has 0 aliphatic rings. The topological polar surface area (TPSA) is 81.0 Å². The second-order valence-electron chi connectivity index (χ2n) is 4.21. The largest absolute Gasteiger partial charge is 0.426 e. The molecule has 0 aliphatic carbocycles. The number of halogens is 1. The van der Waals surface area contributed by atoms with Crippen LogP contribution in [0.1, 0.15) is 0 Å². The number of fused-ring (bicyclic) bond motifs is 1. The van der Waals surface area contributed by atoms with Crippen molar-refractivity contribution in [2.75, 3.05) is 5.73 Å². The molecule has 0 saturated heterocycles. The Morgan fingerprint density at radius 2 is 2.05 bits per heavy atom. The van der Waals surface area contributed by atoms with E-state index in [1.54, 1.807) is 42.5 Å². The van der Waals surface area contributed by atoms with Crippen LogP contribution in [0.4, 0.5) is 5.69 Å². The number of aromatic nitrogens is 2. The van der Waals surface area contributed by atoms with E-state index in [0.29, 0.717) is 27.4 Å². The molecule has 3 rings (SSSR count). The van der Waals surface area contributed by atoms with E-state index in [2.05, 4.69) is 9.97 Å². The van der Waals surface area contributed by atoms with Crippen LogP contribution in [0.2, 0.25) is 5.02 Å². The van der Waals surface area contributed by atoms with Crippen LogP contribution < -0.4 is 16.0 Å². The Kier molecular flexibility index (Phi) is 3.04. The molecule has 0 radical (unpaired) electrons. The van der Waals surface area contributed by atoms with Gasteiger partial charge in [-0.25, -0.2) is 0 Å². The molecule has 2 aromatic carbocycles. The first-order valence-corrected chi connectivity index (χ1v) is 6.22. The Morgan fingerprint density at radius 3 is 2.85 bits per heavy atom. The summed E-state index contributed by atoms with van der Waals surface area (Å²) in [7, 11) is 0. The van der Waals surface area contributed by atoms with Gasteiger partial charge < -0.3 is 10.5 Å². The molecule has 0 aliphatic heterocycles. The monoisotopic (exact) mass is 287 g/mol. The van der Waals surface area contributed by atoms with Crippen molar-refractivity contribution >= 4 is 28.2 Å². The van der Waals surface area contributed by atoms with E-state index in [9.17, 15) is 4.79 Å². The average Bonchev–Trinajstić information content (AvgIpc) is 2.40. The second-order valence-corrected chi connectivity index (χ2v) is 4.64. The van der Waals surface area contributed by atoms with Crippen molar-refractivity contribution in [1.29, 1.82) is 0 Å². The summed E-state index contributed by atoms with van der Waals surface area (Å²) in [4.78, 5) is 18.7. The van der Waals surface area contributed by atoms with Crippen LogP contribution in [0, 0.1) is 0 Å². The Labute approximate surface area is 119 Å². The standard InChI is InChI=1S/C14H10ClN3O2/c15-8-2-1-3-10(6-8)20-14-17-12-5-4-9(16)7-11(12)13(19)18-14/h1-7H,16H2,(H,17,18,19). The zero-order valence-corrected chi connectivity index (χ0v) is 11.0. The van der Waals surface area contributed by atoms with E-state index in [4.69, 9.17) is 22.1 Å². The number of nitrogens with two attached hydrogens (primary N) is 1. The van der Waals surface area contributed by atoms with Crippen LogP contribution in [-0.2, 0) is 0 Å². The first-order valence-electron chi connectivity index (χ1n) is 5.85. The molecular formula is C14H10ClN3O2. The number of aromatic amines is 1. The number of nitrogens with zero attached hydrogens (tertiary/aromatic N) is 1. The molecule has 0 spiro atoms. The highest BCUT2D eigenvalue weighted by molar-refractivity contribution is 6.30. The normalized spacial score (nSPS) is 10.7. The third kappa shape index (κ3) is 2.44. The summed E-state index contributed by atoms with van der Waals surface area (Å²) >= 11 is 5.87. The minimum atomic E-state index is -0.306. The van der Waals surface area contributed by atoms with Gasteiger partial charge in [0, 0.05) is 10.7 Å². The SMILES string of the molecule is Nc1ccc2nc(Oc3cccc(Cl)c3)[nH]c(=O)c2c1. The van der Waals surface area contributed by atoms with Crippen molar-refractivity contribution in [3.05, 3.63) is 57.8 Å². The van der Waals surface area contributed by atoms with Crippen LogP contribution in [0.5, 0.6) is 11.8 Å². The van der Waals surface area contributed by atoms with Gasteiger partial charge in [-0.2, -0.15) is 4.98 Å². The molecule has 3 aromatic rings. The first-order chi connectivity index (χ1) is 9.61. The van der Waals surface area contributed by atoms with Crippen molar-refractivity contribution in [3.63, 3.8) is 0 Å². The molecule has 1 aromatic heterocycles. The molecule has 0 saturated carbocycles. The number of rotatable bonds is 2. The second kappa shape index (κ2) is 4.86. The summed E-state index contributed by atoms with van der Waals surface area (Å²) in [5, 5.41) is 0.960. The molecule has 0 bridgehead atoms. The molecule has 0 unspecified atom stereocenters. The Morgan fingerprint density at radius 1 is 1.20 bits per heavy atom. The van der Waals surface area contributed by atoms with Gasteiger partial charge in [0.15, 0.2) is 0 Å². The molecule has 1 heterocycles. The molecule has 0 atom stereocenters. The van der Waals surface area contributed by atoms with Crippen molar-refractivity contribution in [3.8, 4) is 11.8 Å². The Hall–Kier alpha value is -2.53. The first kappa shape index (κ1) is 12.5. The minimum Gasteiger partial charge on any atom is -0.426 e. The fourth-order valence-electron chi connectivity index (χ4n) is 1.83. The number of anilines is 1. The molecular weight excluding hydrogens is 278 g/mol. The zero-order valence-electron chi connectivity index (χ0n) is 10.3. The van der Waals surface area contributed by atoms with E-state index < -0.39 is 0 Å². The maximum Gasteiger partial charge on any atom is 0.302 e. The molecule has 20 heavy (non-hydrogen) atoms. The van der Waals surface area contributed by atoms with Crippen molar-refractivity contribution in [2.45, 2.75) is 0 Å². The van der Waals surface area contributed by atoms with E-state index in [1.165, 1.54) is 0 Å². The van der Waals surface area contributed by atoms with E-state index in [1.807, 2.05) is 0 Å². The van der Waals surface area contributed by atoms with Crippen molar-refractivity contribution in [1.82, 2.24) is 9.97 Å². The summed E-state index contributed by atoms with van der Waals surface area (Å²) < 4.78 is 5.50. The molecule has 0 fully saturated rings. The third-order valence-corrected chi connectivity index (χ3v) is 2.95. The number of ether oxygens (including phenoxy) is 1. The van der Waals surface area contributed by atoms with Crippen molar-refractivity contribution < 1.29 is 4.74 Å². The summed E-state index contributed by atoms with van der Waals surface area (Å²) in [5.41, 5.74) is 6.36. The summed E-state index contributed by atoms with van der Waals surface area (Å²) in [5.74, 6) is 0.496. The molecule has 0 amide bonds. The van der Waals surface area contributed by atoms with Crippen LogP contribution >= 0.6 is 11.6 Å². The molecule has 100 valence electrons. The highest BCUT2D eigenvalue weighted by atomic mass is 35.5. The molecule has 6 heteroatoms. The predicted molar refractivity (Wildman–Crippen MR) is 78.3 cm³/mol. The predicted octanol–water partition coefficient (Wildman–Crippen LogP) is 2.95. The number of hydrogen-bond acceptors (Lipinski definition) is 4. The van der Waals surface area contributed by atoms with Crippen LogP contribution in [0.25, 0.3) is 10.9 Å². The van der Waals surface area contributed by atoms with Crippen molar-refractivity contribution in [2.24, 2.45) is 0 Å². The molecule has 5 nitrogen and oxygen atoms in total. The lowest BCUT2D eigenvalue weighted by molar-refractivity contribution is 0.443. The fraction of sp³-hybridized carbons (Fsp3) is 0. The van der Waals surface area contributed by atoms with Gasteiger partial charge in [0.1, 0.15) is 5.75 Å². The van der Waals surface area contributed by atoms with Crippen LogP contribution in [0.3, 0.4) is 0 Å². The third-order valence-electron chi connectivity index (χ3n) is 2.72. The van der Waals surface area contributed by atoms with Gasteiger partial charge in [-0.1, -0.05) is 17.7 Å². The van der Waals surface area contributed by atoms with Gasteiger partial charge in [-0.05, 0) is 36.4 Å². The summed E-state index contributed by atoms with van der Waals surface area (Å²) in [6.45, 7) is 0. The maximum absolute atomic E-state index is 12.0. The quantitative estimate of drug-likeness (QED) is 0.710. The minimum absolute atomic E-state index is 0.106. The lowest BCUT2D eigenvalue weighted by atomic mass is 10.2. The lowest BCUT2D eigenvalue weighted by Crippen LogP contribution is -2.09. The van der Waals surface area contributed by atoms with E-state index >= 15 is 0 Å². The lowest BCUT2D eigenvalue weighted by Gasteiger charge is -2.06. The number of benzene rings is 2. The number of H-pyrrole nitrogens is 1. The Balaban J connectivity index is 2.05. The van der Waals surface area contributed by atoms with Gasteiger partial charge in [0.25, 0.3) is 5.56 Å². The van der Waals surface area contributed by atoms with E-state index in [-0.39, 0.29) is 11.6 Å². The summed E-state index contributed by atoms with van der Waals surface area (Å²) in [6.07, 6.45) is 0. The van der Waals surface area contributed by atoms with Gasteiger partial charge in [-0.3, -0.25) is 9.78 Å². The Bertz CT molecular complexity index is 845. The zero-order chi connectivity index (χ0) is 14.1. The smallest absolute Gasteiger partial charge is 0.302 e. The number of hydrogen-bond donors (Lipinski definition) is 2. The maximum atomic E-state index is 12.0. The average molecular weight is 288 g/mol. The van der Waals surface area contributed by atoms with Gasteiger partial charge in [0.2, 0.25) is 0 Å². The molecule has 3 N–H and O–H groups in total. The summed E-state index contributed by atoms with van der Waals surface area (Å²) in [6, 6.07) is 11.9. The van der Waals surface area contributed by atoms with Gasteiger partial charge >= 0.3 is 6.01 Å². The fourth-order valence-corrected chi connectivity index (χ4v) is 2.01. The van der Waals surface area contributed by atoms with Crippen LogP contribution in [0.15, 0.2) is 47.3 Å². The highest BCUT2D eigenvalue weighted by Gasteiger charge is 2.06. The number of nitrogen functional groups attached to an aromatic ring is 1. The van der Waals surface area contributed by atoms with E-state index in [0.717, 1.165) is 0 Å².